The maximum Gasteiger partial charge on any atom is 0.251 e. The zero-order chi connectivity index (χ0) is 13.1. The van der Waals surface area contributed by atoms with E-state index in [-0.39, 0.29) is 30.8 Å². The number of carbonyl (C=O) groups is 2. The van der Waals surface area contributed by atoms with E-state index in [9.17, 15) is 9.59 Å². The first-order valence-electron chi connectivity index (χ1n) is 5.93. The van der Waals surface area contributed by atoms with Gasteiger partial charge in [0.2, 0.25) is 5.91 Å². The van der Waals surface area contributed by atoms with Crippen LogP contribution in [0.1, 0.15) is 15.9 Å². The molecule has 0 bridgehead atoms. The van der Waals surface area contributed by atoms with Crippen molar-refractivity contribution in [2.24, 2.45) is 0 Å². The topological polar surface area (TPSA) is 61.4 Å². The molecule has 5 nitrogen and oxygen atoms in total. The van der Waals surface area contributed by atoms with E-state index >= 15 is 0 Å². The predicted molar refractivity (Wildman–Crippen MR) is 76.9 cm³/mol. The summed E-state index contributed by atoms with van der Waals surface area (Å²) in [6.07, 6.45) is 0.938. The summed E-state index contributed by atoms with van der Waals surface area (Å²) in [4.78, 5) is 24.7. The molecule has 1 aromatic rings. The molecule has 0 atom stereocenters. The lowest BCUT2D eigenvalue weighted by atomic mass is 10.1. The molecule has 6 heteroatoms. The van der Waals surface area contributed by atoms with Crippen LogP contribution in [0.5, 0.6) is 0 Å². The summed E-state index contributed by atoms with van der Waals surface area (Å²) >= 11 is 0. The van der Waals surface area contributed by atoms with Gasteiger partial charge in [0.1, 0.15) is 0 Å². The lowest BCUT2D eigenvalue weighted by Gasteiger charge is -2.11. The molecule has 2 amide bonds. The molecule has 19 heavy (non-hydrogen) atoms. The second kappa shape index (κ2) is 6.43. The smallest absolute Gasteiger partial charge is 0.251 e. The van der Waals surface area contributed by atoms with Crippen LogP contribution in [0.25, 0.3) is 0 Å². The van der Waals surface area contributed by atoms with Gasteiger partial charge in [-0.1, -0.05) is 0 Å². The zero-order valence-electron chi connectivity index (χ0n) is 11.0. The average molecular weight is 284 g/mol. The number of likely N-dealkylation sites (N-methyl/N-ethyl adjacent to an activating group) is 1. The first kappa shape index (κ1) is 15.3. The quantitative estimate of drug-likeness (QED) is 0.866. The van der Waals surface area contributed by atoms with E-state index in [0.29, 0.717) is 5.56 Å². The van der Waals surface area contributed by atoms with Gasteiger partial charge in [0.05, 0.1) is 6.54 Å². The van der Waals surface area contributed by atoms with E-state index in [0.717, 1.165) is 24.2 Å². The molecule has 0 spiro atoms. The summed E-state index contributed by atoms with van der Waals surface area (Å²) in [5, 5.41) is 5.86. The van der Waals surface area contributed by atoms with Crippen LogP contribution in [0.4, 0.5) is 5.69 Å². The highest BCUT2D eigenvalue weighted by atomic mass is 35.5. The summed E-state index contributed by atoms with van der Waals surface area (Å²) in [6.45, 7) is 0.945. The standard InChI is InChI=1S/C13H17N3O2.ClH/c1-16(2)12(17)8-15-13(18)10-3-4-11-9(7-10)5-6-14-11;/h3-4,7,14H,5-6,8H2,1-2H3,(H,15,18);1H. The number of rotatable bonds is 3. The van der Waals surface area contributed by atoms with E-state index in [2.05, 4.69) is 10.6 Å². The van der Waals surface area contributed by atoms with E-state index in [1.807, 2.05) is 12.1 Å². The Hall–Kier alpha value is -1.75. The van der Waals surface area contributed by atoms with Crippen LogP contribution in [0.2, 0.25) is 0 Å². The minimum Gasteiger partial charge on any atom is -0.384 e. The summed E-state index contributed by atoms with van der Waals surface area (Å²) in [7, 11) is 3.32. The number of hydrogen-bond donors (Lipinski definition) is 2. The Bertz CT molecular complexity index is 489. The fraction of sp³-hybridized carbons (Fsp3) is 0.385. The third kappa shape index (κ3) is 3.61. The third-order valence-corrected chi connectivity index (χ3v) is 2.98. The number of fused-ring (bicyclic) bond motifs is 1. The SMILES string of the molecule is CN(C)C(=O)CNC(=O)c1ccc2c(c1)CCN2.Cl. The van der Waals surface area contributed by atoms with Gasteiger partial charge in [-0.3, -0.25) is 9.59 Å². The highest BCUT2D eigenvalue weighted by Gasteiger charge is 2.14. The van der Waals surface area contributed by atoms with Crippen LogP contribution >= 0.6 is 12.4 Å². The number of nitrogens with one attached hydrogen (secondary N) is 2. The Morgan fingerprint density at radius 1 is 1.37 bits per heavy atom. The fourth-order valence-electron chi connectivity index (χ4n) is 1.86. The van der Waals surface area contributed by atoms with Gasteiger partial charge in [-0.15, -0.1) is 12.4 Å². The first-order valence-corrected chi connectivity index (χ1v) is 5.93. The van der Waals surface area contributed by atoms with Crippen molar-refractivity contribution in [1.29, 1.82) is 0 Å². The van der Waals surface area contributed by atoms with Gasteiger partial charge in [0.15, 0.2) is 0 Å². The summed E-state index contributed by atoms with van der Waals surface area (Å²) < 4.78 is 0. The van der Waals surface area contributed by atoms with Gasteiger partial charge in [-0.2, -0.15) is 0 Å². The number of benzene rings is 1. The number of nitrogens with zero attached hydrogens (tertiary/aromatic N) is 1. The second-order valence-corrected chi connectivity index (χ2v) is 4.52. The summed E-state index contributed by atoms with van der Waals surface area (Å²) in [5.74, 6) is -0.328. The van der Waals surface area contributed by atoms with Crippen molar-refractivity contribution >= 4 is 29.9 Å². The van der Waals surface area contributed by atoms with Crippen LogP contribution < -0.4 is 10.6 Å². The molecule has 1 aromatic carbocycles. The molecular formula is C13H18ClN3O2. The molecule has 0 aliphatic carbocycles. The zero-order valence-corrected chi connectivity index (χ0v) is 11.8. The molecule has 1 aliphatic heterocycles. The van der Waals surface area contributed by atoms with Crippen molar-refractivity contribution in [2.45, 2.75) is 6.42 Å². The van der Waals surface area contributed by atoms with E-state index < -0.39 is 0 Å². The highest BCUT2D eigenvalue weighted by molar-refractivity contribution is 5.97. The maximum atomic E-state index is 11.9. The lowest BCUT2D eigenvalue weighted by Crippen LogP contribution is -2.36. The molecular weight excluding hydrogens is 266 g/mol. The number of hydrogen-bond acceptors (Lipinski definition) is 3. The fourth-order valence-corrected chi connectivity index (χ4v) is 1.86. The van der Waals surface area contributed by atoms with E-state index in [1.165, 1.54) is 4.90 Å². The average Bonchev–Trinajstić information content (AvgIpc) is 2.82. The largest absolute Gasteiger partial charge is 0.384 e. The van der Waals surface area contributed by atoms with Crippen LogP contribution in [-0.4, -0.2) is 43.9 Å². The minimum atomic E-state index is -0.208. The summed E-state index contributed by atoms with van der Waals surface area (Å²) in [6, 6.07) is 5.56. The Balaban J connectivity index is 0.00000180. The lowest BCUT2D eigenvalue weighted by molar-refractivity contribution is -0.127. The Morgan fingerprint density at radius 3 is 2.79 bits per heavy atom. The summed E-state index contributed by atoms with van der Waals surface area (Å²) in [5.41, 5.74) is 2.85. The minimum absolute atomic E-state index is 0. The molecule has 0 unspecified atom stereocenters. The molecule has 0 saturated carbocycles. The molecule has 0 fully saturated rings. The molecule has 2 rings (SSSR count). The molecule has 104 valence electrons. The Kier molecular flexibility index (Phi) is 5.18. The number of carbonyl (C=O) groups excluding carboxylic acids is 2. The van der Waals surface area contributed by atoms with E-state index in [4.69, 9.17) is 0 Å². The Labute approximate surface area is 118 Å². The molecule has 0 radical (unpaired) electrons. The van der Waals surface area contributed by atoms with Crippen LogP contribution in [-0.2, 0) is 11.2 Å². The van der Waals surface area contributed by atoms with Crippen molar-refractivity contribution < 1.29 is 9.59 Å². The Morgan fingerprint density at radius 2 is 2.11 bits per heavy atom. The van der Waals surface area contributed by atoms with E-state index in [1.54, 1.807) is 20.2 Å². The monoisotopic (exact) mass is 283 g/mol. The van der Waals surface area contributed by atoms with Crippen molar-refractivity contribution in [2.75, 3.05) is 32.5 Å². The molecule has 0 aromatic heterocycles. The molecule has 1 heterocycles. The van der Waals surface area contributed by atoms with Crippen molar-refractivity contribution in [3.05, 3.63) is 29.3 Å². The van der Waals surface area contributed by atoms with Gasteiger partial charge in [-0.05, 0) is 30.2 Å². The number of anilines is 1. The predicted octanol–water partition coefficient (Wildman–Crippen LogP) is 0.894. The van der Waals surface area contributed by atoms with Crippen molar-refractivity contribution in [3.8, 4) is 0 Å². The molecule has 1 aliphatic rings. The third-order valence-electron chi connectivity index (χ3n) is 2.98. The number of halogens is 1. The normalized spacial score (nSPS) is 11.9. The second-order valence-electron chi connectivity index (χ2n) is 4.52. The van der Waals surface area contributed by atoms with Gasteiger partial charge in [-0.25, -0.2) is 0 Å². The molecule has 0 saturated heterocycles. The van der Waals surface area contributed by atoms with Crippen LogP contribution in [0.3, 0.4) is 0 Å². The van der Waals surface area contributed by atoms with Gasteiger partial charge >= 0.3 is 0 Å². The first-order chi connectivity index (χ1) is 8.58. The van der Waals surface area contributed by atoms with Gasteiger partial charge in [0.25, 0.3) is 5.91 Å². The maximum absolute atomic E-state index is 11.9. The van der Waals surface area contributed by atoms with Crippen molar-refractivity contribution in [1.82, 2.24) is 10.2 Å². The molecule has 2 N–H and O–H groups in total. The van der Waals surface area contributed by atoms with Gasteiger partial charge < -0.3 is 15.5 Å². The van der Waals surface area contributed by atoms with Crippen molar-refractivity contribution in [3.63, 3.8) is 0 Å². The number of amides is 2. The van der Waals surface area contributed by atoms with Gasteiger partial charge in [0, 0.05) is 31.9 Å². The van der Waals surface area contributed by atoms with Crippen LogP contribution in [0.15, 0.2) is 18.2 Å². The van der Waals surface area contributed by atoms with Crippen LogP contribution in [0, 0.1) is 0 Å². The highest BCUT2D eigenvalue weighted by Crippen LogP contribution is 2.22.